The Morgan fingerprint density at radius 1 is 0.919 bits per heavy atom. The van der Waals surface area contributed by atoms with Crippen molar-refractivity contribution in [3.8, 4) is 0 Å². The summed E-state index contributed by atoms with van der Waals surface area (Å²) < 4.78 is 0. The highest BCUT2D eigenvalue weighted by atomic mass is 16.4. The van der Waals surface area contributed by atoms with Crippen LogP contribution >= 0.6 is 0 Å². The molecule has 0 saturated carbocycles. The molecule has 6 unspecified atom stereocenters. The van der Waals surface area contributed by atoms with Crippen LogP contribution in [0.2, 0.25) is 0 Å². The molecule has 0 aliphatic carbocycles. The highest BCUT2D eigenvalue weighted by Gasteiger charge is 2.43. The van der Waals surface area contributed by atoms with E-state index in [1.54, 1.807) is 14.0 Å². The maximum Gasteiger partial charge on any atom is 0.307 e. The van der Waals surface area contributed by atoms with Gasteiger partial charge in [0.1, 0.15) is 0 Å². The molecule has 7 nitrogen and oxygen atoms in total. The molecule has 1 heterocycles. The third-order valence-corrected chi connectivity index (χ3v) is 7.50. The number of carbonyl (C=O) groups is 4. The van der Waals surface area contributed by atoms with Gasteiger partial charge >= 0.3 is 5.97 Å². The molecule has 1 fully saturated rings. The van der Waals surface area contributed by atoms with E-state index < -0.39 is 17.8 Å². The highest BCUT2D eigenvalue weighted by molar-refractivity contribution is 6.04. The molecule has 2 N–H and O–H groups in total. The van der Waals surface area contributed by atoms with Crippen molar-refractivity contribution in [3.05, 3.63) is 71.8 Å². The summed E-state index contributed by atoms with van der Waals surface area (Å²) in [7, 11) is 3.10. The summed E-state index contributed by atoms with van der Waals surface area (Å²) in [6, 6.07) is 19.9. The lowest BCUT2D eigenvalue weighted by molar-refractivity contribution is -0.147. The number of benzene rings is 2. The Morgan fingerprint density at radius 2 is 1.41 bits per heavy atom. The monoisotopic (exact) mass is 511 g/mol. The maximum absolute atomic E-state index is 12.0. The van der Waals surface area contributed by atoms with E-state index in [0.717, 1.165) is 12.0 Å². The van der Waals surface area contributed by atoms with E-state index in [-0.39, 0.29) is 36.9 Å². The van der Waals surface area contributed by atoms with Crippen molar-refractivity contribution in [2.45, 2.75) is 52.4 Å². The van der Waals surface area contributed by atoms with Crippen LogP contribution in [0.15, 0.2) is 60.7 Å². The molecular formula is C30H42N2O5. The van der Waals surface area contributed by atoms with Crippen LogP contribution in [0.1, 0.15) is 64.9 Å². The zero-order chi connectivity index (χ0) is 27.7. The summed E-state index contributed by atoms with van der Waals surface area (Å²) in [6.45, 7) is 7.61. The molecule has 1 aliphatic heterocycles. The number of nitrogens with one attached hydrogen (secondary N) is 1. The number of aliphatic carboxylic acids is 1. The minimum absolute atomic E-state index is 0. The van der Waals surface area contributed by atoms with Crippen LogP contribution in [0.25, 0.3) is 0 Å². The summed E-state index contributed by atoms with van der Waals surface area (Å²) in [4.78, 5) is 48.0. The standard InChI is InChI=1S/C15H21NO3.C15H19NO2.H2/c1-10(12-7-5-4-6-8-12)9-13(15(18)19)11(2)14(17)16-3;1-10(12-7-5-4-6-8-12)9-13-11(2)14(17)16(3)15(13)18;/h4-8,10-11,13H,9H2,1-3H3,(H,16,17)(H,18,19);4-8,10-11,13H,9H2,1-3H3;1H/i;;1+1. The van der Waals surface area contributed by atoms with Gasteiger partial charge in [0.15, 0.2) is 0 Å². The number of amides is 3. The molecular weight excluding hydrogens is 468 g/mol. The molecule has 2 aromatic rings. The van der Waals surface area contributed by atoms with E-state index in [1.807, 2.05) is 62.4 Å². The Balaban J connectivity index is 0.000000370. The van der Waals surface area contributed by atoms with Crippen LogP contribution in [-0.4, -0.2) is 47.8 Å². The largest absolute Gasteiger partial charge is 0.481 e. The first-order valence-corrected chi connectivity index (χ1v) is 12.8. The average Bonchev–Trinajstić information content (AvgIpc) is 3.09. The van der Waals surface area contributed by atoms with Crippen molar-refractivity contribution in [1.82, 2.24) is 10.2 Å². The lowest BCUT2D eigenvalue weighted by atomic mass is 9.83. The Bertz CT molecular complexity index is 1060. The summed E-state index contributed by atoms with van der Waals surface area (Å²) in [5.41, 5.74) is 2.32. The molecule has 202 valence electrons. The van der Waals surface area contributed by atoms with Gasteiger partial charge in [-0.25, -0.2) is 0 Å². The van der Waals surface area contributed by atoms with Crippen molar-refractivity contribution in [2.24, 2.45) is 23.7 Å². The van der Waals surface area contributed by atoms with E-state index in [4.69, 9.17) is 0 Å². The molecule has 7 heteroatoms. The number of nitrogens with zero attached hydrogens (tertiary/aromatic N) is 1. The fraction of sp³-hybridized carbons (Fsp3) is 0.467. The number of hydrogen-bond donors (Lipinski definition) is 2. The van der Waals surface area contributed by atoms with Crippen LogP contribution in [0, 0.1) is 23.7 Å². The molecule has 1 aliphatic rings. The zero-order valence-corrected chi connectivity index (χ0v) is 22.7. The van der Waals surface area contributed by atoms with Gasteiger partial charge in [-0.05, 0) is 35.8 Å². The molecule has 0 bridgehead atoms. The summed E-state index contributed by atoms with van der Waals surface area (Å²) >= 11 is 0. The molecule has 1 saturated heterocycles. The predicted octanol–water partition coefficient (Wildman–Crippen LogP) is 4.94. The van der Waals surface area contributed by atoms with Crippen molar-refractivity contribution in [3.63, 3.8) is 0 Å². The molecule has 3 rings (SSSR count). The fourth-order valence-corrected chi connectivity index (χ4v) is 4.88. The number of hydrogen-bond acceptors (Lipinski definition) is 4. The number of carboxylic acid groups (broad SMARTS) is 1. The Hall–Kier alpha value is -3.48. The first-order valence-electron chi connectivity index (χ1n) is 12.8. The van der Waals surface area contributed by atoms with Crippen molar-refractivity contribution < 1.29 is 25.7 Å². The van der Waals surface area contributed by atoms with E-state index in [2.05, 4.69) is 24.4 Å². The van der Waals surface area contributed by atoms with Gasteiger partial charge in [0.05, 0.1) is 11.8 Å². The summed E-state index contributed by atoms with van der Waals surface area (Å²) in [6.07, 6.45) is 1.19. The number of likely N-dealkylation sites (tertiary alicyclic amines) is 1. The van der Waals surface area contributed by atoms with E-state index in [0.29, 0.717) is 12.3 Å². The number of carbonyl (C=O) groups excluding carboxylic acids is 3. The van der Waals surface area contributed by atoms with Crippen LogP contribution in [0.5, 0.6) is 0 Å². The second-order valence-electron chi connectivity index (χ2n) is 10.1. The Kier molecular flexibility index (Phi) is 11.0. The maximum atomic E-state index is 12.0. The number of carboxylic acids is 1. The third kappa shape index (κ3) is 7.75. The predicted molar refractivity (Wildman–Crippen MR) is 146 cm³/mol. The topological polar surface area (TPSA) is 104 Å². The van der Waals surface area contributed by atoms with Crippen molar-refractivity contribution in [1.29, 1.82) is 0 Å². The minimum atomic E-state index is -0.918. The Morgan fingerprint density at radius 3 is 1.81 bits per heavy atom. The van der Waals surface area contributed by atoms with Gasteiger partial charge in [-0.3, -0.25) is 24.1 Å². The normalized spacial score (nSPS) is 20.3. The molecule has 2 aromatic carbocycles. The van der Waals surface area contributed by atoms with E-state index in [1.165, 1.54) is 17.5 Å². The molecule has 0 aromatic heterocycles. The second-order valence-corrected chi connectivity index (χ2v) is 10.1. The van der Waals surface area contributed by atoms with Crippen molar-refractivity contribution in [2.75, 3.05) is 14.1 Å². The molecule has 37 heavy (non-hydrogen) atoms. The molecule has 6 atom stereocenters. The third-order valence-electron chi connectivity index (χ3n) is 7.50. The van der Waals surface area contributed by atoms with Crippen LogP contribution in [0.4, 0.5) is 0 Å². The van der Waals surface area contributed by atoms with E-state index in [9.17, 15) is 24.3 Å². The number of imide groups is 1. The Labute approximate surface area is 221 Å². The van der Waals surface area contributed by atoms with Crippen LogP contribution in [0.3, 0.4) is 0 Å². The minimum Gasteiger partial charge on any atom is -0.481 e. The second kappa shape index (κ2) is 13.7. The average molecular weight is 512 g/mol. The van der Waals surface area contributed by atoms with Gasteiger partial charge < -0.3 is 10.4 Å². The van der Waals surface area contributed by atoms with Gasteiger partial charge in [0.25, 0.3) is 0 Å². The smallest absolute Gasteiger partial charge is 0.307 e. The highest BCUT2D eigenvalue weighted by Crippen LogP contribution is 2.33. The molecule has 0 radical (unpaired) electrons. The first-order chi connectivity index (χ1) is 17.5. The van der Waals surface area contributed by atoms with Gasteiger partial charge in [0.2, 0.25) is 17.7 Å². The van der Waals surface area contributed by atoms with Crippen LogP contribution < -0.4 is 5.32 Å². The zero-order valence-electron chi connectivity index (χ0n) is 22.7. The van der Waals surface area contributed by atoms with Crippen LogP contribution in [-0.2, 0) is 19.2 Å². The van der Waals surface area contributed by atoms with Crippen molar-refractivity contribution >= 4 is 23.7 Å². The quantitative estimate of drug-likeness (QED) is 0.464. The molecule has 3 amide bonds. The molecule has 0 spiro atoms. The number of rotatable bonds is 9. The lowest BCUT2D eigenvalue weighted by Crippen LogP contribution is -2.35. The SMILES string of the molecule is CC(CC1C(=O)N(C)C(=O)C1C)c1ccccc1.CNC(=O)C(C)C(CC(C)c1ccccc1)C(=O)O.[2HH]. The van der Waals surface area contributed by atoms with Gasteiger partial charge in [-0.2, -0.15) is 0 Å². The fourth-order valence-electron chi connectivity index (χ4n) is 4.88. The van der Waals surface area contributed by atoms with Gasteiger partial charge in [-0.1, -0.05) is 88.4 Å². The summed E-state index contributed by atoms with van der Waals surface area (Å²) in [5, 5.41) is 11.8. The van der Waals surface area contributed by atoms with E-state index >= 15 is 0 Å². The van der Waals surface area contributed by atoms with Gasteiger partial charge in [0, 0.05) is 27.4 Å². The summed E-state index contributed by atoms with van der Waals surface area (Å²) in [5.74, 6) is -2.39. The lowest BCUT2D eigenvalue weighted by Gasteiger charge is -2.22. The van der Waals surface area contributed by atoms with Gasteiger partial charge in [-0.15, -0.1) is 0 Å². The first kappa shape index (κ1) is 29.7.